The highest BCUT2D eigenvalue weighted by Crippen LogP contribution is 2.37. The summed E-state index contributed by atoms with van der Waals surface area (Å²) in [5.74, 6) is 0.355. The van der Waals surface area contributed by atoms with Crippen LogP contribution in [0.2, 0.25) is 0 Å². The molecule has 0 spiro atoms. The van der Waals surface area contributed by atoms with Crippen molar-refractivity contribution < 1.29 is 0 Å². The van der Waals surface area contributed by atoms with Crippen LogP contribution in [0.5, 0.6) is 0 Å². The SMILES string of the molecule is CCc1nn(-c2nc(C)cs2)c2c1C(CC#N)CCC2. The molecule has 104 valence electrons. The van der Waals surface area contributed by atoms with Gasteiger partial charge in [0.1, 0.15) is 0 Å². The molecule has 0 bridgehead atoms. The Morgan fingerprint density at radius 2 is 2.40 bits per heavy atom. The standard InChI is InChI=1S/C15H18N4S/c1-3-12-14-11(7-8-16)5-4-6-13(14)19(18-12)15-17-10(2)9-20-15/h9,11H,3-7H2,1-2H3. The zero-order chi connectivity index (χ0) is 14.1. The Morgan fingerprint density at radius 1 is 1.55 bits per heavy atom. The number of hydrogen-bond donors (Lipinski definition) is 0. The molecule has 2 aromatic rings. The predicted octanol–water partition coefficient (Wildman–Crippen LogP) is 3.53. The summed E-state index contributed by atoms with van der Waals surface area (Å²) in [6.07, 6.45) is 4.81. The molecule has 1 atom stereocenters. The second-order valence-corrected chi connectivity index (χ2v) is 6.13. The van der Waals surface area contributed by atoms with Crippen molar-refractivity contribution in [1.82, 2.24) is 14.8 Å². The molecule has 0 amide bonds. The van der Waals surface area contributed by atoms with Crippen LogP contribution in [0, 0.1) is 18.3 Å². The molecule has 0 radical (unpaired) electrons. The smallest absolute Gasteiger partial charge is 0.210 e. The fraction of sp³-hybridized carbons (Fsp3) is 0.533. The van der Waals surface area contributed by atoms with Gasteiger partial charge in [-0.25, -0.2) is 9.67 Å². The quantitative estimate of drug-likeness (QED) is 0.867. The Morgan fingerprint density at radius 3 is 3.05 bits per heavy atom. The maximum atomic E-state index is 9.05. The predicted molar refractivity (Wildman–Crippen MR) is 79.3 cm³/mol. The highest BCUT2D eigenvalue weighted by molar-refractivity contribution is 7.12. The van der Waals surface area contributed by atoms with Crippen molar-refractivity contribution >= 4 is 11.3 Å². The second-order valence-electron chi connectivity index (χ2n) is 5.30. The van der Waals surface area contributed by atoms with Crippen LogP contribution in [0.15, 0.2) is 5.38 Å². The van der Waals surface area contributed by atoms with E-state index in [0.29, 0.717) is 12.3 Å². The topological polar surface area (TPSA) is 54.5 Å². The molecule has 3 rings (SSSR count). The van der Waals surface area contributed by atoms with Gasteiger partial charge in [0.25, 0.3) is 0 Å². The number of aromatic nitrogens is 3. The molecule has 0 N–H and O–H groups in total. The number of nitriles is 1. The van der Waals surface area contributed by atoms with E-state index < -0.39 is 0 Å². The van der Waals surface area contributed by atoms with E-state index in [4.69, 9.17) is 10.4 Å². The zero-order valence-corrected chi connectivity index (χ0v) is 12.7. The van der Waals surface area contributed by atoms with Gasteiger partial charge in [-0.15, -0.1) is 11.3 Å². The van der Waals surface area contributed by atoms with Crippen molar-refractivity contribution in [2.24, 2.45) is 0 Å². The first-order valence-electron chi connectivity index (χ1n) is 7.14. The molecule has 1 unspecified atom stereocenters. The van der Waals surface area contributed by atoms with Gasteiger partial charge in [0.2, 0.25) is 5.13 Å². The summed E-state index contributed by atoms with van der Waals surface area (Å²) < 4.78 is 2.02. The first-order valence-corrected chi connectivity index (χ1v) is 8.02. The molecule has 2 heterocycles. The molecular weight excluding hydrogens is 268 g/mol. The summed E-state index contributed by atoms with van der Waals surface area (Å²) in [5, 5.41) is 16.8. The van der Waals surface area contributed by atoms with Crippen molar-refractivity contribution in [2.75, 3.05) is 0 Å². The van der Waals surface area contributed by atoms with Gasteiger partial charge in [-0.2, -0.15) is 10.4 Å². The van der Waals surface area contributed by atoms with Gasteiger partial charge in [-0.3, -0.25) is 0 Å². The normalized spacial score (nSPS) is 17.8. The minimum absolute atomic E-state index is 0.355. The van der Waals surface area contributed by atoms with E-state index in [1.54, 1.807) is 11.3 Å². The summed E-state index contributed by atoms with van der Waals surface area (Å²) in [6.45, 7) is 4.15. The third-order valence-corrected chi connectivity index (χ3v) is 4.87. The fourth-order valence-corrected chi connectivity index (χ4v) is 3.84. The van der Waals surface area contributed by atoms with Gasteiger partial charge in [-0.05, 0) is 32.6 Å². The molecule has 0 aliphatic heterocycles. The summed E-state index contributed by atoms with van der Waals surface area (Å²) in [4.78, 5) is 4.56. The lowest BCUT2D eigenvalue weighted by molar-refractivity contribution is 0.548. The van der Waals surface area contributed by atoms with Crippen LogP contribution in [-0.2, 0) is 12.8 Å². The highest BCUT2D eigenvalue weighted by Gasteiger charge is 2.28. The molecule has 0 saturated heterocycles. The summed E-state index contributed by atoms with van der Waals surface area (Å²) in [7, 11) is 0. The van der Waals surface area contributed by atoms with Crippen molar-refractivity contribution in [3.8, 4) is 11.2 Å². The maximum absolute atomic E-state index is 9.05. The summed E-state index contributed by atoms with van der Waals surface area (Å²) in [6, 6.07) is 2.33. The Hall–Kier alpha value is -1.67. The lowest BCUT2D eigenvalue weighted by Crippen LogP contribution is -2.12. The lowest BCUT2D eigenvalue weighted by Gasteiger charge is -2.21. The van der Waals surface area contributed by atoms with E-state index in [1.807, 2.05) is 11.6 Å². The number of thiazole rings is 1. The number of aryl methyl sites for hydroxylation is 2. The number of rotatable bonds is 3. The van der Waals surface area contributed by atoms with E-state index in [1.165, 1.54) is 11.3 Å². The first kappa shape index (κ1) is 13.3. The molecule has 0 saturated carbocycles. The molecule has 5 heteroatoms. The number of fused-ring (bicyclic) bond motifs is 1. The molecule has 1 aliphatic rings. The molecule has 1 aliphatic carbocycles. The van der Waals surface area contributed by atoms with Gasteiger partial charge in [-0.1, -0.05) is 6.92 Å². The third kappa shape index (κ3) is 2.14. The van der Waals surface area contributed by atoms with E-state index in [2.05, 4.69) is 23.4 Å². The average Bonchev–Trinajstić information content (AvgIpc) is 3.03. The van der Waals surface area contributed by atoms with Crippen LogP contribution in [0.4, 0.5) is 0 Å². The molecule has 0 fully saturated rings. The van der Waals surface area contributed by atoms with Crippen LogP contribution < -0.4 is 0 Å². The fourth-order valence-electron chi connectivity index (χ4n) is 3.06. The van der Waals surface area contributed by atoms with Gasteiger partial charge in [0.05, 0.1) is 23.2 Å². The lowest BCUT2D eigenvalue weighted by atomic mass is 9.83. The number of hydrogen-bond acceptors (Lipinski definition) is 4. The van der Waals surface area contributed by atoms with Crippen molar-refractivity contribution in [3.05, 3.63) is 28.0 Å². The Balaban J connectivity index is 2.12. The van der Waals surface area contributed by atoms with E-state index >= 15 is 0 Å². The average molecular weight is 286 g/mol. The largest absolute Gasteiger partial charge is 0.224 e. The molecule has 0 aromatic carbocycles. The Labute approximate surface area is 123 Å². The highest BCUT2D eigenvalue weighted by atomic mass is 32.1. The van der Waals surface area contributed by atoms with E-state index in [0.717, 1.165) is 42.2 Å². The van der Waals surface area contributed by atoms with Crippen LogP contribution in [0.25, 0.3) is 5.13 Å². The minimum atomic E-state index is 0.355. The maximum Gasteiger partial charge on any atom is 0.210 e. The van der Waals surface area contributed by atoms with Crippen molar-refractivity contribution in [2.45, 2.75) is 51.9 Å². The van der Waals surface area contributed by atoms with Crippen LogP contribution >= 0.6 is 11.3 Å². The number of nitrogens with zero attached hydrogens (tertiary/aromatic N) is 4. The molecule has 2 aromatic heterocycles. The van der Waals surface area contributed by atoms with Crippen molar-refractivity contribution in [3.63, 3.8) is 0 Å². The second kappa shape index (κ2) is 5.37. The summed E-state index contributed by atoms with van der Waals surface area (Å²) in [5.41, 5.74) is 4.79. The van der Waals surface area contributed by atoms with Gasteiger partial charge in [0, 0.05) is 23.3 Å². The van der Waals surface area contributed by atoms with Gasteiger partial charge < -0.3 is 0 Å². The molecule has 20 heavy (non-hydrogen) atoms. The third-order valence-electron chi connectivity index (χ3n) is 3.93. The summed E-state index contributed by atoms with van der Waals surface area (Å²) >= 11 is 1.64. The first-order chi connectivity index (χ1) is 9.74. The van der Waals surface area contributed by atoms with Gasteiger partial charge >= 0.3 is 0 Å². The molecular formula is C15H18N4S. The van der Waals surface area contributed by atoms with E-state index in [9.17, 15) is 0 Å². The van der Waals surface area contributed by atoms with Crippen LogP contribution in [-0.4, -0.2) is 14.8 Å². The van der Waals surface area contributed by atoms with E-state index in [-0.39, 0.29) is 0 Å². The van der Waals surface area contributed by atoms with Crippen molar-refractivity contribution in [1.29, 1.82) is 5.26 Å². The Bertz CT molecular complexity index is 662. The Kier molecular flexibility index (Phi) is 3.58. The monoisotopic (exact) mass is 286 g/mol. The van der Waals surface area contributed by atoms with Gasteiger partial charge in [0.15, 0.2) is 0 Å². The zero-order valence-electron chi connectivity index (χ0n) is 11.9. The minimum Gasteiger partial charge on any atom is -0.224 e. The molecule has 4 nitrogen and oxygen atoms in total. The van der Waals surface area contributed by atoms with Crippen LogP contribution in [0.3, 0.4) is 0 Å². The van der Waals surface area contributed by atoms with Crippen LogP contribution in [0.1, 0.15) is 54.7 Å².